The molecular weight excluding hydrogens is 420 g/mol. The summed E-state index contributed by atoms with van der Waals surface area (Å²) in [6, 6.07) is 5.32. The number of nitrogen functional groups attached to an aromatic ring is 1. The van der Waals surface area contributed by atoms with E-state index in [1.165, 1.54) is 0 Å². The Morgan fingerprint density at radius 2 is 1.88 bits per heavy atom. The summed E-state index contributed by atoms with van der Waals surface area (Å²) in [5, 5.41) is 8.50. The van der Waals surface area contributed by atoms with Crippen LogP contribution in [0.3, 0.4) is 0 Å². The van der Waals surface area contributed by atoms with Crippen LogP contribution in [-0.2, 0) is 17.6 Å². The Kier molecular flexibility index (Phi) is 6.71. The predicted molar refractivity (Wildman–Crippen MR) is 126 cm³/mol. The standard InChI is InChI=1S/C24H32N6O3/c1-13(2)30-22(25)20(23(26)32)21(28-30)15-7-8-18(27-12-15)14(3)19(31)10-16-9-17(33-29-16)11-24(4,5)6/h7-9,12-14H,10-11,25H2,1-6H3,(H2,26,32). The Balaban J connectivity index is 1.77. The number of pyridine rings is 1. The van der Waals surface area contributed by atoms with Crippen LogP contribution in [0.25, 0.3) is 11.3 Å². The van der Waals surface area contributed by atoms with E-state index in [1.807, 2.05) is 19.9 Å². The lowest BCUT2D eigenvalue weighted by Crippen LogP contribution is -2.15. The maximum Gasteiger partial charge on any atom is 0.254 e. The zero-order valence-corrected chi connectivity index (χ0v) is 20.0. The monoisotopic (exact) mass is 452 g/mol. The molecule has 33 heavy (non-hydrogen) atoms. The summed E-state index contributed by atoms with van der Waals surface area (Å²) in [4.78, 5) is 29.2. The fourth-order valence-electron chi connectivity index (χ4n) is 3.63. The number of hydrogen-bond acceptors (Lipinski definition) is 7. The average molecular weight is 453 g/mol. The first-order chi connectivity index (χ1) is 15.4. The molecule has 3 aromatic rings. The van der Waals surface area contributed by atoms with Crippen LogP contribution >= 0.6 is 0 Å². The van der Waals surface area contributed by atoms with Crippen molar-refractivity contribution in [2.75, 3.05) is 5.73 Å². The molecule has 0 saturated heterocycles. The first-order valence-corrected chi connectivity index (χ1v) is 11.0. The molecule has 9 heteroatoms. The topological polar surface area (TPSA) is 143 Å². The first-order valence-electron chi connectivity index (χ1n) is 11.0. The van der Waals surface area contributed by atoms with Gasteiger partial charge in [0.25, 0.3) is 5.91 Å². The van der Waals surface area contributed by atoms with Crippen molar-refractivity contribution in [1.82, 2.24) is 19.9 Å². The van der Waals surface area contributed by atoms with E-state index < -0.39 is 11.8 Å². The Bertz CT molecular complexity index is 1150. The van der Waals surface area contributed by atoms with Crippen LogP contribution in [-0.4, -0.2) is 31.6 Å². The zero-order valence-electron chi connectivity index (χ0n) is 20.0. The minimum absolute atomic E-state index is 0.0167. The fraction of sp³-hybridized carbons (Fsp3) is 0.458. The number of nitrogens with two attached hydrogens (primary N) is 2. The summed E-state index contributed by atoms with van der Waals surface area (Å²) >= 11 is 0. The van der Waals surface area contributed by atoms with Gasteiger partial charge in [-0.1, -0.05) is 25.9 Å². The van der Waals surface area contributed by atoms with Gasteiger partial charge in [-0.25, -0.2) is 4.68 Å². The lowest BCUT2D eigenvalue weighted by atomic mass is 9.91. The molecule has 4 N–H and O–H groups in total. The smallest absolute Gasteiger partial charge is 0.254 e. The second-order valence-electron chi connectivity index (χ2n) is 9.87. The molecular formula is C24H32N6O3. The van der Waals surface area contributed by atoms with Crippen LogP contribution < -0.4 is 11.5 Å². The van der Waals surface area contributed by atoms with Gasteiger partial charge < -0.3 is 16.0 Å². The Hall–Kier alpha value is -3.49. The molecule has 176 valence electrons. The highest BCUT2D eigenvalue weighted by Gasteiger charge is 2.24. The van der Waals surface area contributed by atoms with Crippen LogP contribution in [0.2, 0.25) is 0 Å². The van der Waals surface area contributed by atoms with E-state index in [4.69, 9.17) is 16.0 Å². The normalized spacial score (nSPS) is 12.8. The van der Waals surface area contributed by atoms with Crippen LogP contribution in [0.15, 0.2) is 28.9 Å². The molecule has 1 amide bonds. The number of hydrogen-bond donors (Lipinski definition) is 2. The average Bonchev–Trinajstić information content (AvgIpc) is 3.29. The minimum atomic E-state index is -0.652. The van der Waals surface area contributed by atoms with Gasteiger partial charge in [0.1, 0.15) is 28.6 Å². The summed E-state index contributed by atoms with van der Waals surface area (Å²) < 4.78 is 6.93. The molecule has 0 aliphatic heterocycles. The molecule has 3 rings (SSSR count). The van der Waals surface area contributed by atoms with E-state index in [-0.39, 0.29) is 35.0 Å². The molecule has 3 aromatic heterocycles. The lowest BCUT2D eigenvalue weighted by molar-refractivity contribution is -0.119. The molecule has 9 nitrogen and oxygen atoms in total. The van der Waals surface area contributed by atoms with Gasteiger partial charge >= 0.3 is 0 Å². The number of anilines is 1. The van der Waals surface area contributed by atoms with E-state index in [0.717, 1.165) is 12.2 Å². The second-order valence-corrected chi connectivity index (χ2v) is 9.87. The van der Waals surface area contributed by atoms with Gasteiger partial charge in [-0.3, -0.25) is 14.6 Å². The van der Waals surface area contributed by atoms with Gasteiger partial charge in [0.15, 0.2) is 0 Å². The second kappa shape index (κ2) is 9.17. The fourth-order valence-corrected chi connectivity index (χ4v) is 3.63. The van der Waals surface area contributed by atoms with E-state index in [9.17, 15) is 9.59 Å². The first kappa shape index (κ1) is 24.2. The number of aromatic nitrogens is 4. The van der Waals surface area contributed by atoms with E-state index in [2.05, 4.69) is 36.0 Å². The van der Waals surface area contributed by atoms with E-state index in [1.54, 1.807) is 29.9 Å². The summed E-state index contributed by atoms with van der Waals surface area (Å²) in [5.41, 5.74) is 14.1. The zero-order chi connectivity index (χ0) is 24.5. The third-order valence-electron chi connectivity index (χ3n) is 5.34. The summed E-state index contributed by atoms with van der Waals surface area (Å²) in [6.07, 6.45) is 2.49. The van der Waals surface area contributed by atoms with Crippen LogP contribution in [0.4, 0.5) is 5.82 Å². The number of primary amides is 1. The maximum atomic E-state index is 12.8. The molecule has 0 fully saturated rings. The summed E-state index contributed by atoms with van der Waals surface area (Å²) in [6.45, 7) is 12.0. The maximum absolute atomic E-state index is 12.8. The van der Waals surface area contributed by atoms with Crippen molar-refractivity contribution in [1.29, 1.82) is 0 Å². The number of ketones is 1. The van der Waals surface area contributed by atoms with Crippen molar-refractivity contribution in [2.45, 2.75) is 66.3 Å². The molecule has 3 heterocycles. The van der Waals surface area contributed by atoms with Crippen LogP contribution in [0, 0.1) is 5.41 Å². The van der Waals surface area contributed by atoms with Crippen molar-refractivity contribution in [3.05, 3.63) is 47.1 Å². The van der Waals surface area contributed by atoms with Gasteiger partial charge in [-0.15, -0.1) is 0 Å². The molecule has 0 aliphatic carbocycles. The molecule has 0 spiro atoms. The number of carbonyl (C=O) groups is 2. The van der Waals surface area contributed by atoms with E-state index in [0.29, 0.717) is 22.6 Å². The molecule has 0 saturated carbocycles. The highest BCUT2D eigenvalue weighted by molar-refractivity contribution is 6.03. The highest BCUT2D eigenvalue weighted by atomic mass is 16.5. The largest absolute Gasteiger partial charge is 0.383 e. The summed E-state index contributed by atoms with van der Waals surface area (Å²) in [5.74, 6) is -0.113. The Morgan fingerprint density at radius 3 is 2.42 bits per heavy atom. The third kappa shape index (κ3) is 5.47. The quantitative estimate of drug-likeness (QED) is 0.530. The molecule has 1 unspecified atom stereocenters. The van der Waals surface area contributed by atoms with Gasteiger partial charge in [-0.2, -0.15) is 5.10 Å². The SMILES string of the molecule is CC(C(=O)Cc1cc(CC(C)(C)C)on1)c1ccc(-c2nn(C(C)C)c(N)c2C(N)=O)cn1. The molecule has 0 aliphatic rings. The minimum Gasteiger partial charge on any atom is -0.383 e. The molecule has 0 radical (unpaired) electrons. The number of Topliss-reactive ketones (excluding diaryl/α,β-unsaturated/α-hetero) is 1. The number of amides is 1. The lowest BCUT2D eigenvalue weighted by Gasteiger charge is -2.14. The van der Waals surface area contributed by atoms with Crippen molar-refractivity contribution >= 4 is 17.5 Å². The van der Waals surface area contributed by atoms with Crippen molar-refractivity contribution in [3.8, 4) is 11.3 Å². The van der Waals surface area contributed by atoms with Crippen LogP contribution in [0.1, 0.15) is 81.0 Å². The van der Waals surface area contributed by atoms with E-state index >= 15 is 0 Å². The Labute approximate surface area is 193 Å². The third-order valence-corrected chi connectivity index (χ3v) is 5.34. The number of rotatable bonds is 8. The van der Waals surface area contributed by atoms with Gasteiger partial charge in [0.2, 0.25) is 0 Å². The number of carbonyl (C=O) groups excluding carboxylic acids is 2. The van der Waals surface area contributed by atoms with Crippen LogP contribution in [0.5, 0.6) is 0 Å². The highest BCUT2D eigenvalue weighted by Crippen LogP contribution is 2.29. The summed E-state index contributed by atoms with van der Waals surface area (Å²) in [7, 11) is 0. The van der Waals surface area contributed by atoms with Gasteiger partial charge in [-0.05, 0) is 38.3 Å². The molecule has 1 atom stereocenters. The van der Waals surface area contributed by atoms with Crippen molar-refractivity contribution < 1.29 is 14.1 Å². The van der Waals surface area contributed by atoms with Gasteiger partial charge in [0, 0.05) is 30.3 Å². The van der Waals surface area contributed by atoms with Gasteiger partial charge in [0.05, 0.1) is 23.7 Å². The molecule has 0 bridgehead atoms. The predicted octanol–water partition coefficient (Wildman–Crippen LogP) is 3.70. The number of nitrogens with zero attached hydrogens (tertiary/aromatic N) is 4. The van der Waals surface area contributed by atoms with Crippen molar-refractivity contribution in [3.63, 3.8) is 0 Å². The Morgan fingerprint density at radius 1 is 1.18 bits per heavy atom. The molecule has 0 aromatic carbocycles. The van der Waals surface area contributed by atoms with Crippen molar-refractivity contribution in [2.24, 2.45) is 11.1 Å².